The molecule has 3 aromatic rings. The summed E-state index contributed by atoms with van der Waals surface area (Å²) >= 11 is 0. The zero-order valence-electron chi connectivity index (χ0n) is 14.4. The van der Waals surface area contributed by atoms with Gasteiger partial charge in [0, 0.05) is 17.8 Å². The van der Waals surface area contributed by atoms with E-state index in [1.165, 1.54) is 17.7 Å². The van der Waals surface area contributed by atoms with Gasteiger partial charge < -0.3 is 5.32 Å². The maximum Gasteiger partial charge on any atom is 0.272 e. The van der Waals surface area contributed by atoms with E-state index in [0.29, 0.717) is 12.2 Å². The molecule has 0 fully saturated rings. The van der Waals surface area contributed by atoms with Gasteiger partial charge in [0.25, 0.3) is 5.91 Å². The minimum absolute atomic E-state index is 0.139. The van der Waals surface area contributed by atoms with Crippen LogP contribution in [0.15, 0.2) is 54.6 Å². The van der Waals surface area contributed by atoms with Crippen LogP contribution in [-0.4, -0.2) is 22.2 Å². The zero-order valence-corrected chi connectivity index (χ0v) is 14.4. The van der Waals surface area contributed by atoms with Crippen LogP contribution in [-0.2, 0) is 19.3 Å². The van der Waals surface area contributed by atoms with Gasteiger partial charge in [-0.25, -0.2) is 9.07 Å². The summed E-state index contributed by atoms with van der Waals surface area (Å²) in [6.45, 7) is 0.570. The number of benzene rings is 2. The highest BCUT2D eigenvalue weighted by Crippen LogP contribution is 2.27. The van der Waals surface area contributed by atoms with E-state index in [1.807, 2.05) is 30.3 Å². The maximum absolute atomic E-state index is 13.2. The Morgan fingerprint density at radius 1 is 1.08 bits per heavy atom. The number of nitrogens with zero attached hydrogens (tertiary/aromatic N) is 2. The molecule has 2 aromatic carbocycles. The van der Waals surface area contributed by atoms with E-state index >= 15 is 0 Å². The number of hydrogen-bond donors (Lipinski definition) is 1. The molecule has 1 aliphatic carbocycles. The van der Waals surface area contributed by atoms with E-state index in [4.69, 9.17) is 0 Å². The number of aromatic nitrogens is 2. The monoisotopic (exact) mass is 349 g/mol. The summed E-state index contributed by atoms with van der Waals surface area (Å²) in [5, 5.41) is 7.52. The molecule has 0 bridgehead atoms. The van der Waals surface area contributed by atoms with Crippen LogP contribution >= 0.6 is 0 Å². The Hall–Kier alpha value is -2.95. The van der Waals surface area contributed by atoms with Crippen molar-refractivity contribution in [3.63, 3.8) is 0 Å². The Morgan fingerprint density at radius 3 is 2.62 bits per heavy atom. The third-order valence-corrected chi connectivity index (χ3v) is 4.76. The molecule has 4 rings (SSSR count). The van der Waals surface area contributed by atoms with Gasteiger partial charge in [0.2, 0.25) is 0 Å². The predicted octanol–water partition coefficient (Wildman–Crippen LogP) is 3.47. The summed E-state index contributed by atoms with van der Waals surface area (Å²) in [5.41, 5.74) is 4.55. The molecule has 0 atom stereocenters. The number of fused-ring (bicyclic) bond motifs is 1. The zero-order chi connectivity index (χ0) is 17.9. The van der Waals surface area contributed by atoms with Gasteiger partial charge in [-0.3, -0.25) is 4.79 Å². The number of hydrogen-bond acceptors (Lipinski definition) is 2. The van der Waals surface area contributed by atoms with Crippen LogP contribution in [0.1, 0.15) is 33.7 Å². The molecule has 1 heterocycles. The molecule has 0 spiro atoms. The maximum atomic E-state index is 13.2. The van der Waals surface area contributed by atoms with Crippen molar-refractivity contribution >= 4 is 5.91 Å². The Kier molecular flexibility index (Phi) is 4.52. The minimum Gasteiger partial charge on any atom is -0.350 e. The lowest BCUT2D eigenvalue weighted by molar-refractivity contribution is 0.0948. The van der Waals surface area contributed by atoms with Crippen LogP contribution in [0.2, 0.25) is 0 Å². The van der Waals surface area contributed by atoms with Crippen LogP contribution in [0.3, 0.4) is 0 Å². The van der Waals surface area contributed by atoms with E-state index < -0.39 is 0 Å². The summed E-state index contributed by atoms with van der Waals surface area (Å²) in [6, 6.07) is 16.3. The number of carbonyl (C=O) groups excluding carboxylic acids is 1. The first-order valence-electron chi connectivity index (χ1n) is 8.91. The molecule has 0 unspecified atom stereocenters. The topological polar surface area (TPSA) is 46.9 Å². The molecule has 1 N–H and O–H groups in total. The highest BCUT2D eigenvalue weighted by Gasteiger charge is 2.26. The summed E-state index contributed by atoms with van der Waals surface area (Å²) in [6.07, 6.45) is 3.54. The normalized spacial score (nSPS) is 12.8. The number of carbonyl (C=O) groups is 1. The first kappa shape index (κ1) is 16.5. The van der Waals surface area contributed by atoms with Crippen molar-refractivity contribution in [2.24, 2.45) is 0 Å². The van der Waals surface area contributed by atoms with Gasteiger partial charge in [0.1, 0.15) is 5.82 Å². The van der Waals surface area contributed by atoms with Crippen molar-refractivity contribution in [2.45, 2.75) is 25.7 Å². The van der Waals surface area contributed by atoms with Crippen molar-refractivity contribution in [1.29, 1.82) is 0 Å². The SMILES string of the molecule is O=C(NCCc1ccccc1)c1nn(-c2ccc(F)cc2)c2c1CCC2. The molecular formula is C21H20FN3O. The molecule has 4 nitrogen and oxygen atoms in total. The van der Waals surface area contributed by atoms with Gasteiger partial charge >= 0.3 is 0 Å². The molecule has 1 aliphatic rings. The largest absolute Gasteiger partial charge is 0.350 e. The first-order valence-corrected chi connectivity index (χ1v) is 8.91. The van der Waals surface area contributed by atoms with Crippen LogP contribution in [0.5, 0.6) is 0 Å². The summed E-state index contributed by atoms with van der Waals surface area (Å²) < 4.78 is 15.0. The van der Waals surface area contributed by atoms with Crippen molar-refractivity contribution in [3.05, 3.63) is 82.9 Å². The Morgan fingerprint density at radius 2 is 1.85 bits per heavy atom. The van der Waals surface area contributed by atoms with E-state index in [-0.39, 0.29) is 11.7 Å². The smallest absolute Gasteiger partial charge is 0.272 e. The summed E-state index contributed by atoms with van der Waals surface area (Å²) in [7, 11) is 0. The van der Waals surface area contributed by atoms with Gasteiger partial charge in [-0.1, -0.05) is 30.3 Å². The first-order chi connectivity index (χ1) is 12.7. The van der Waals surface area contributed by atoms with E-state index in [0.717, 1.165) is 42.6 Å². The van der Waals surface area contributed by atoms with Gasteiger partial charge in [-0.2, -0.15) is 5.10 Å². The third-order valence-electron chi connectivity index (χ3n) is 4.76. The average Bonchev–Trinajstić information content (AvgIpc) is 3.26. The molecule has 0 radical (unpaired) electrons. The fraction of sp³-hybridized carbons (Fsp3) is 0.238. The number of amides is 1. The molecule has 0 aliphatic heterocycles. The predicted molar refractivity (Wildman–Crippen MR) is 98.0 cm³/mol. The van der Waals surface area contributed by atoms with Crippen molar-refractivity contribution in [2.75, 3.05) is 6.54 Å². The minimum atomic E-state index is -0.281. The summed E-state index contributed by atoms with van der Waals surface area (Å²) in [4.78, 5) is 12.6. The average molecular weight is 349 g/mol. The Balaban J connectivity index is 1.52. The molecule has 0 saturated carbocycles. The second-order valence-electron chi connectivity index (χ2n) is 6.51. The lowest BCUT2D eigenvalue weighted by Crippen LogP contribution is -2.27. The van der Waals surface area contributed by atoms with E-state index in [1.54, 1.807) is 16.8 Å². The van der Waals surface area contributed by atoms with Gasteiger partial charge in [0.05, 0.1) is 5.69 Å². The van der Waals surface area contributed by atoms with Crippen LogP contribution in [0.25, 0.3) is 5.69 Å². The molecule has 0 saturated heterocycles. The molecular weight excluding hydrogens is 329 g/mol. The standard InChI is InChI=1S/C21H20FN3O/c22-16-9-11-17(12-10-16)25-19-8-4-7-18(19)20(24-25)21(26)23-14-13-15-5-2-1-3-6-15/h1-3,5-6,9-12H,4,7-8,13-14H2,(H,23,26). The van der Waals surface area contributed by atoms with Crippen molar-refractivity contribution in [3.8, 4) is 5.69 Å². The fourth-order valence-corrected chi connectivity index (χ4v) is 3.46. The lowest BCUT2D eigenvalue weighted by Gasteiger charge is -2.06. The number of halogens is 1. The second kappa shape index (κ2) is 7.12. The molecule has 26 heavy (non-hydrogen) atoms. The Labute approximate surface area is 151 Å². The van der Waals surface area contributed by atoms with E-state index in [9.17, 15) is 9.18 Å². The molecule has 132 valence electrons. The highest BCUT2D eigenvalue weighted by molar-refractivity contribution is 5.94. The molecule has 1 aromatic heterocycles. The van der Waals surface area contributed by atoms with Crippen molar-refractivity contribution in [1.82, 2.24) is 15.1 Å². The van der Waals surface area contributed by atoms with Crippen molar-refractivity contribution < 1.29 is 9.18 Å². The highest BCUT2D eigenvalue weighted by atomic mass is 19.1. The van der Waals surface area contributed by atoms with Gasteiger partial charge in [-0.05, 0) is 55.5 Å². The van der Waals surface area contributed by atoms with Crippen LogP contribution in [0, 0.1) is 5.82 Å². The second-order valence-corrected chi connectivity index (χ2v) is 6.51. The number of rotatable bonds is 5. The third kappa shape index (κ3) is 3.25. The number of nitrogens with one attached hydrogen (secondary N) is 1. The quantitative estimate of drug-likeness (QED) is 0.767. The molecule has 5 heteroatoms. The Bertz CT molecular complexity index is 916. The summed E-state index contributed by atoms with van der Waals surface area (Å²) in [5.74, 6) is -0.420. The van der Waals surface area contributed by atoms with Crippen LogP contribution < -0.4 is 5.32 Å². The van der Waals surface area contributed by atoms with E-state index in [2.05, 4.69) is 10.4 Å². The molecule has 1 amide bonds. The van der Waals surface area contributed by atoms with Crippen LogP contribution in [0.4, 0.5) is 4.39 Å². The lowest BCUT2D eigenvalue weighted by atomic mass is 10.1. The van der Waals surface area contributed by atoms with Gasteiger partial charge in [-0.15, -0.1) is 0 Å². The fourth-order valence-electron chi connectivity index (χ4n) is 3.46. The van der Waals surface area contributed by atoms with Gasteiger partial charge in [0.15, 0.2) is 5.69 Å².